The van der Waals surface area contributed by atoms with Gasteiger partial charge in [0, 0.05) is 25.5 Å². The predicted octanol–water partition coefficient (Wildman–Crippen LogP) is 1.72. The van der Waals surface area contributed by atoms with Gasteiger partial charge in [-0.15, -0.1) is 0 Å². The fraction of sp³-hybridized carbons (Fsp3) is 0.667. The van der Waals surface area contributed by atoms with Crippen LogP contribution in [0.3, 0.4) is 0 Å². The zero-order chi connectivity index (χ0) is 20.8. The number of halogens is 3. The molecule has 0 radical (unpaired) electrons. The minimum Gasteiger partial charge on any atom is -0.378 e. The minimum atomic E-state index is -4.55. The van der Waals surface area contributed by atoms with Crippen LogP contribution in [0.4, 0.5) is 18.9 Å². The molecular weight excluding hydrogens is 387 g/mol. The number of aliphatic imine (C=N–C) groups is 1. The monoisotopic (exact) mass is 413 g/mol. The predicted molar refractivity (Wildman–Crippen MR) is 102 cm³/mol. The number of hydrogen-bond acceptors (Lipinski definition) is 7. The topological polar surface area (TPSA) is 92.7 Å². The maximum Gasteiger partial charge on any atom is 0.417 e. The van der Waals surface area contributed by atoms with E-state index in [-0.39, 0.29) is 5.96 Å². The van der Waals surface area contributed by atoms with Crippen molar-refractivity contribution < 1.29 is 17.9 Å². The Balaban J connectivity index is 1.41. The van der Waals surface area contributed by atoms with Crippen molar-refractivity contribution in [1.29, 1.82) is 0 Å². The minimum absolute atomic E-state index is 0.158. The van der Waals surface area contributed by atoms with Gasteiger partial charge < -0.3 is 21.1 Å². The molecule has 0 amide bonds. The lowest BCUT2D eigenvalue weighted by Crippen LogP contribution is -2.51. The number of ether oxygens (including phenoxy) is 1. The van der Waals surface area contributed by atoms with E-state index in [9.17, 15) is 13.2 Å². The molecule has 1 aromatic heterocycles. The number of aryl methyl sites for hydroxylation is 1. The zero-order valence-electron chi connectivity index (χ0n) is 16.5. The molecule has 160 valence electrons. The Morgan fingerprint density at radius 3 is 2.52 bits per heavy atom. The number of likely N-dealkylation sites (tertiary alicyclic amines) is 1. The average Bonchev–Trinajstić information content (AvgIpc) is 2.92. The van der Waals surface area contributed by atoms with Crippen molar-refractivity contribution in [1.82, 2.24) is 20.0 Å². The number of nitrogens with one attached hydrogen (secondary N) is 2. The van der Waals surface area contributed by atoms with Gasteiger partial charge in [-0.2, -0.15) is 18.3 Å². The quantitative estimate of drug-likeness (QED) is 0.699. The molecule has 4 rings (SSSR count). The number of nitrogens with two attached hydrogens (primary N) is 1. The first-order chi connectivity index (χ1) is 13.6. The second-order valence-electron chi connectivity index (χ2n) is 8.00. The van der Waals surface area contributed by atoms with Crippen LogP contribution in [0.1, 0.15) is 31.5 Å². The van der Waals surface area contributed by atoms with Gasteiger partial charge in [0.2, 0.25) is 5.96 Å². The largest absolute Gasteiger partial charge is 0.417 e. The molecule has 1 aromatic rings. The van der Waals surface area contributed by atoms with Crippen LogP contribution in [-0.2, 0) is 4.74 Å². The van der Waals surface area contributed by atoms with Crippen molar-refractivity contribution in [2.24, 2.45) is 10.7 Å². The van der Waals surface area contributed by atoms with Gasteiger partial charge in [-0.1, -0.05) is 0 Å². The number of piperidine rings is 1. The molecule has 1 unspecified atom stereocenters. The average molecular weight is 413 g/mol. The van der Waals surface area contributed by atoms with E-state index in [1.807, 2.05) is 17.8 Å². The van der Waals surface area contributed by atoms with Gasteiger partial charge in [-0.05, 0) is 26.7 Å². The number of alkyl halides is 3. The standard InChI is InChI=1S/C18H26F3N7O/c1-11-14(24-16-23-7-15(18(19,20)21)17(2,22)25-16)8-28(26-11)12-3-5-27(6-4-12)13-9-29-10-13/h7-8,12-13H,3-6,9-10,22H2,1-2H3,(H2,23,24,25). The van der Waals surface area contributed by atoms with E-state index < -0.39 is 17.4 Å². The lowest BCUT2D eigenvalue weighted by Gasteiger charge is -2.41. The van der Waals surface area contributed by atoms with Crippen LogP contribution >= 0.6 is 0 Å². The highest BCUT2D eigenvalue weighted by atomic mass is 19.4. The zero-order valence-corrected chi connectivity index (χ0v) is 16.5. The Morgan fingerprint density at radius 2 is 1.97 bits per heavy atom. The molecule has 0 bridgehead atoms. The van der Waals surface area contributed by atoms with Crippen molar-refractivity contribution in [2.45, 2.75) is 50.6 Å². The van der Waals surface area contributed by atoms with Gasteiger partial charge in [0.15, 0.2) is 0 Å². The summed E-state index contributed by atoms with van der Waals surface area (Å²) in [5.41, 5.74) is 4.41. The Kier molecular flexibility index (Phi) is 5.07. The molecule has 0 aliphatic carbocycles. The van der Waals surface area contributed by atoms with Crippen LogP contribution in [0, 0.1) is 6.92 Å². The van der Waals surface area contributed by atoms with E-state index in [4.69, 9.17) is 10.5 Å². The molecule has 0 saturated carbocycles. The highest BCUT2D eigenvalue weighted by Gasteiger charge is 2.45. The van der Waals surface area contributed by atoms with Crippen LogP contribution < -0.4 is 16.4 Å². The van der Waals surface area contributed by atoms with Gasteiger partial charge in [0.25, 0.3) is 0 Å². The number of nitrogens with zero attached hydrogens (tertiary/aromatic N) is 4. The molecule has 0 spiro atoms. The third-order valence-electron chi connectivity index (χ3n) is 5.73. The first-order valence-electron chi connectivity index (χ1n) is 9.71. The number of rotatable bonds is 3. The molecule has 2 fully saturated rings. The molecule has 3 aliphatic heterocycles. The van der Waals surface area contributed by atoms with E-state index in [2.05, 4.69) is 25.6 Å². The van der Waals surface area contributed by atoms with Gasteiger partial charge in [0.05, 0.1) is 42.3 Å². The van der Waals surface area contributed by atoms with Gasteiger partial charge in [-0.25, -0.2) is 4.99 Å². The van der Waals surface area contributed by atoms with Gasteiger partial charge in [-0.3, -0.25) is 9.58 Å². The molecule has 8 nitrogen and oxygen atoms in total. The fourth-order valence-corrected chi connectivity index (χ4v) is 3.91. The summed E-state index contributed by atoms with van der Waals surface area (Å²) in [6, 6.07) is 0.836. The molecular formula is C18H26F3N7O. The lowest BCUT2D eigenvalue weighted by molar-refractivity contribution is -0.100. The highest BCUT2D eigenvalue weighted by molar-refractivity contribution is 5.95. The van der Waals surface area contributed by atoms with E-state index in [0.29, 0.717) is 17.8 Å². The summed E-state index contributed by atoms with van der Waals surface area (Å²) in [6.45, 7) is 6.72. The van der Waals surface area contributed by atoms with Crippen LogP contribution in [0.2, 0.25) is 0 Å². The van der Waals surface area contributed by atoms with Crippen molar-refractivity contribution in [3.8, 4) is 0 Å². The van der Waals surface area contributed by atoms with Gasteiger partial charge >= 0.3 is 6.18 Å². The maximum absolute atomic E-state index is 13.1. The van der Waals surface area contributed by atoms with Crippen LogP contribution in [-0.4, -0.2) is 64.8 Å². The summed E-state index contributed by atoms with van der Waals surface area (Å²) in [6.07, 6.45) is 0.175. The first-order valence-corrected chi connectivity index (χ1v) is 9.71. The summed E-state index contributed by atoms with van der Waals surface area (Å²) < 4.78 is 46.4. The van der Waals surface area contributed by atoms with Crippen LogP contribution in [0.25, 0.3) is 0 Å². The van der Waals surface area contributed by atoms with Crippen molar-refractivity contribution in [2.75, 3.05) is 31.6 Å². The summed E-state index contributed by atoms with van der Waals surface area (Å²) >= 11 is 0. The molecule has 1 atom stereocenters. The highest BCUT2D eigenvalue weighted by Crippen LogP contribution is 2.34. The van der Waals surface area contributed by atoms with Crippen molar-refractivity contribution in [3.63, 3.8) is 0 Å². The SMILES string of the molecule is Cc1nn(C2CCN(C3COC3)CC2)cc1NC1=NC(C)(N)C(C(F)(F)F)=CN1. The summed E-state index contributed by atoms with van der Waals surface area (Å²) in [5, 5.41) is 10.2. The molecule has 29 heavy (non-hydrogen) atoms. The summed E-state index contributed by atoms with van der Waals surface area (Å²) in [7, 11) is 0. The third kappa shape index (κ3) is 4.12. The number of guanidine groups is 1. The molecule has 11 heteroatoms. The first kappa shape index (κ1) is 20.2. The van der Waals surface area contributed by atoms with E-state index in [1.54, 1.807) is 0 Å². The Hall–Kier alpha value is -2.11. The fourth-order valence-electron chi connectivity index (χ4n) is 3.91. The van der Waals surface area contributed by atoms with Gasteiger partial charge in [0.1, 0.15) is 5.66 Å². The van der Waals surface area contributed by atoms with E-state index >= 15 is 0 Å². The van der Waals surface area contributed by atoms with E-state index in [1.165, 1.54) is 6.92 Å². The van der Waals surface area contributed by atoms with Crippen LogP contribution in [0.15, 0.2) is 23.0 Å². The van der Waals surface area contributed by atoms with Crippen LogP contribution in [0.5, 0.6) is 0 Å². The number of anilines is 1. The lowest BCUT2D eigenvalue weighted by atomic mass is 10.0. The second kappa shape index (κ2) is 7.29. The molecule has 3 aliphatic rings. The number of aromatic nitrogens is 2. The molecule has 4 N–H and O–H groups in total. The Morgan fingerprint density at radius 1 is 1.28 bits per heavy atom. The van der Waals surface area contributed by atoms with E-state index in [0.717, 1.165) is 51.0 Å². The Labute approximate surface area is 167 Å². The normalized spacial score (nSPS) is 27.1. The Bertz CT molecular complexity index is 818. The van der Waals surface area contributed by atoms with Crippen molar-refractivity contribution >= 4 is 11.6 Å². The molecule has 0 aromatic carbocycles. The smallest absolute Gasteiger partial charge is 0.378 e. The molecule has 2 saturated heterocycles. The number of hydrogen-bond donors (Lipinski definition) is 3. The molecule has 4 heterocycles. The van der Waals surface area contributed by atoms with Crippen molar-refractivity contribution in [3.05, 3.63) is 23.7 Å². The summed E-state index contributed by atoms with van der Waals surface area (Å²) in [4.78, 5) is 6.45. The second-order valence-corrected chi connectivity index (χ2v) is 8.00. The maximum atomic E-state index is 13.1. The summed E-state index contributed by atoms with van der Waals surface area (Å²) in [5.74, 6) is 0.158. The third-order valence-corrected chi connectivity index (χ3v) is 5.73.